The van der Waals surface area contributed by atoms with Gasteiger partial charge in [-0.25, -0.2) is 4.79 Å². The Bertz CT molecular complexity index is 479. The first-order valence-electron chi connectivity index (χ1n) is 7.38. The summed E-state index contributed by atoms with van der Waals surface area (Å²) in [6.07, 6.45) is 3.14. The van der Waals surface area contributed by atoms with Crippen LogP contribution in [0.25, 0.3) is 0 Å². The summed E-state index contributed by atoms with van der Waals surface area (Å²) in [5, 5.41) is 7.94. The summed E-state index contributed by atoms with van der Waals surface area (Å²) < 4.78 is 7.01. The van der Waals surface area contributed by atoms with Gasteiger partial charge in [0.25, 0.3) is 0 Å². The average molecular weight is 279 g/mol. The topological polar surface area (TPSA) is 56.2 Å². The highest BCUT2D eigenvalue weighted by molar-refractivity contribution is 5.81. The van der Waals surface area contributed by atoms with Crippen molar-refractivity contribution in [1.29, 1.82) is 0 Å². The van der Waals surface area contributed by atoms with Crippen molar-refractivity contribution < 1.29 is 9.53 Å². The molecular formula is C15H25N3O2. The van der Waals surface area contributed by atoms with Crippen LogP contribution in [0, 0.1) is 19.8 Å². The van der Waals surface area contributed by atoms with Crippen molar-refractivity contribution in [2.24, 2.45) is 5.92 Å². The van der Waals surface area contributed by atoms with Crippen LogP contribution in [0.15, 0.2) is 6.07 Å². The first kappa shape index (κ1) is 15.0. The molecule has 1 aliphatic rings. The number of nitrogens with one attached hydrogen (secondary N) is 1. The number of esters is 1. The summed E-state index contributed by atoms with van der Waals surface area (Å²) in [7, 11) is 1.47. The van der Waals surface area contributed by atoms with Gasteiger partial charge in [-0.2, -0.15) is 5.10 Å². The summed E-state index contributed by atoms with van der Waals surface area (Å²) in [6, 6.07) is 2.04. The fourth-order valence-corrected chi connectivity index (χ4v) is 2.81. The van der Waals surface area contributed by atoms with Gasteiger partial charge in [0.15, 0.2) is 0 Å². The van der Waals surface area contributed by atoms with E-state index in [0.717, 1.165) is 37.2 Å². The van der Waals surface area contributed by atoms with Gasteiger partial charge in [0.1, 0.15) is 5.54 Å². The lowest BCUT2D eigenvalue weighted by atomic mass is 9.92. The molecule has 1 aromatic rings. The molecule has 20 heavy (non-hydrogen) atoms. The van der Waals surface area contributed by atoms with E-state index in [9.17, 15) is 4.79 Å². The van der Waals surface area contributed by atoms with Crippen LogP contribution in [0.1, 0.15) is 37.6 Å². The Hall–Kier alpha value is -1.36. The van der Waals surface area contributed by atoms with Gasteiger partial charge in [0.2, 0.25) is 0 Å². The first-order valence-corrected chi connectivity index (χ1v) is 7.38. The van der Waals surface area contributed by atoms with E-state index in [1.165, 1.54) is 7.11 Å². The normalized spacial score (nSPS) is 17.8. The smallest absolute Gasteiger partial charge is 0.328 e. The van der Waals surface area contributed by atoms with E-state index >= 15 is 0 Å². The zero-order valence-electron chi connectivity index (χ0n) is 12.9. The van der Waals surface area contributed by atoms with E-state index in [1.54, 1.807) is 0 Å². The maximum Gasteiger partial charge on any atom is 0.328 e. The highest BCUT2D eigenvalue weighted by atomic mass is 16.5. The Balaban J connectivity index is 2.29. The quantitative estimate of drug-likeness (QED) is 0.774. The van der Waals surface area contributed by atoms with Gasteiger partial charge in [0, 0.05) is 5.69 Å². The Morgan fingerprint density at radius 3 is 2.70 bits per heavy atom. The summed E-state index contributed by atoms with van der Waals surface area (Å²) in [5.41, 5.74) is 1.43. The second-order valence-electron chi connectivity index (χ2n) is 5.75. The Morgan fingerprint density at radius 1 is 1.55 bits per heavy atom. The molecule has 2 rings (SSSR count). The van der Waals surface area contributed by atoms with Crippen molar-refractivity contribution >= 4 is 5.97 Å². The van der Waals surface area contributed by atoms with Crippen molar-refractivity contribution in [2.75, 3.05) is 13.7 Å². The molecule has 1 unspecified atom stereocenters. The molecule has 0 bridgehead atoms. The Kier molecular flexibility index (Phi) is 4.48. The summed E-state index contributed by atoms with van der Waals surface area (Å²) >= 11 is 0. The number of methoxy groups -OCH3 is 1. The molecule has 1 heterocycles. The van der Waals surface area contributed by atoms with Crippen LogP contribution < -0.4 is 5.32 Å². The second-order valence-corrected chi connectivity index (χ2v) is 5.75. The van der Waals surface area contributed by atoms with Crippen molar-refractivity contribution in [3.8, 4) is 0 Å². The van der Waals surface area contributed by atoms with Gasteiger partial charge in [-0.05, 0) is 51.6 Å². The van der Waals surface area contributed by atoms with E-state index in [-0.39, 0.29) is 5.97 Å². The Morgan fingerprint density at radius 2 is 2.25 bits per heavy atom. The molecule has 5 heteroatoms. The summed E-state index contributed by atoms with van der Waals surface area (Å²) in [4.78, 5) is 12.4. The monoisotopic (exact) mass is 279 g/mol. The van der Waals surface area contributed by atoms with E-state index in [0.29, 0.717) is 12.5 Å². The van der Waals surface area contributed by atoms with Gasteiger partial charge >= 0.3 is 5.97 Å². The number of rotatable bonds is 7. The SMILES string of the molecule is CCCNC(Cn1nc(C)cc1C)(C(=O)OC)C1CC1. The molecule has 1 fully saturated rings. The lowest BCUT2D eigenvalue weighted by Crippen LogP contribution is -2.58. The van der Waals surface area contributed by atoms with Crippen molar-refractivity contribution in [1.82, 2.24) is 15.1 Å². The minimum absolute atomic E-state index is 0.166. The van der Waals surface area contributed by atoms with Gasteiger partial charge in [-0.15, -0.1) is 0 Å². The largest absolute Gasteiger partial charge is 0.468 e. The van der Waals surface area contributed by atoms with Crippen LogP contribution >= 0.6 is 0 Å². The molecule has 5 nitrogen and oxygen atoms in total. The molecule has 1 saturated carbocycles. The summed E-state index contributed by atoms with van der Waals surface area (Å²) in [6.45, 7) is 7.45. The van der Waals surface area contributed by atoms with Crippen molar-refractivity contribution in [3.63, 3.8) is 0 Å². The van der Waals surface area contributed by atoms with Crippen LogP contribution in [0.3, 0.4) is 0 Å². The predicted octanol–water partition coefficient (Wildman–Crippen LogP) is 1.82. The van der Waals surface area contributed by atoms with Crippen molar-refractivity contribution in [3.05, 3.63) is 17.5 Å². The van der Waals surface area contributed by atoms with Gasteiger partial charge in [0.05, 0.1) is 19.3 Å². The zero-order valence-corrected chi connectivity index (χ0v) is 12.9. The number of carbonyl (C=O) groups excluding carboxylic acids is 1. The number of hydrogen-bond acceptors (Lipinski definition) is 4. The van der Waals surface area contributed by atoms with E-state index < -0.39 is 5.54 Å². The number of hydrogen-bond donors (Lipinski definition) is 1. The molecule has 0 saturated heterocycles. The lowest BCUT2D eigenvalue weighted by molar-refractivity contribution is -0.150. The van der Waals surface area contributed by atoms with Crippen LogP contribution in [0.5, 0.6) is 0 Å². The predicted molar refractivity (Wildman–Crippen MR) is 77.5 cm³/mol. The molecule has 112 valence electrons. The van der Waals surface area contributed by atoms with E-state index in [2.05, 4.69) is 17.3 Å². The van der Waals surface area contributed by atoms with Crippen LogP contribution in [0.2, 0.25) is 0 Å². The van der Waals surface area contributed by atoms with E-state index in [1.807, 2.05) is 24.6 Å². The third-order valence-electron chi connectivity index (χ3n) is 4.02. The number of aryl methyl sites for hydroxylation is 2. The Labute approximate surface area is 120 Å². The number of aromatic nitrogens is 2. The average Bonchev–Trinajstić information content (AvgIpc) is 3.21. The number of carbonyl (C=O) groups is 1. The summed E-state index contributed by atoms with van der Waals surface area (Å²) in [5.74, 6) is 0.186. The standard InChI is InChI=1S/C15H25N3O2/c1-5-8-16-15(13-6-7-13,14(19)20-4)10-18-12(3)9-11(2)17-18/h9,13,16H,5-8,10H2,1-4H3. The maximum absolute atomic E-state index is 12.4. The molecular weight excluding hydrogens is 254 g/mol. The fraction of sp³-hybridized carbons (Fsp3) is 0.733. The minimum atomic E-state index is -0.631. The lowest BCUT2D eigenvalue weighted by Gasteiger charge is -2.32. The molecule has 0 amide bonds. The van der Waals surface area contributed by atoms with Gasteiger partial charge < -0.3 is 10.1 Å². The number of ether oxygens (including phenoxy) is 1. The van der Waals surface area contributed by atoms with E-state index in [4.69, 9.17) is 4.74 Å². The number of nitrogens with zero attached hydrogens (tertiary/aromatic N) is 2. The third kappa shape index (κ3) is 2.87. The molecule has 1 aliphatic carbocycles. The second kappa shape index (κ2) is 5.95. The molecule has 0 aromatic carbocycles. The third-order valence-corrected chi connectivity index (χ3v) is 4.02. The molecule has 1 N–H and O–H groups in total. The van der Waals surface area contributed by atoms with Crippen LogP contribution in [0.4, 0.5) is 0 Å². The molecule has 0 aliphatic heterocycles. The first-order chi connectivity index (χ1) is 9.53. The molecule has 1 atom stereocenters. The highest BCUT2D eigenvalue weighted by Crippen LogP contribution is 2.41. The van der Waals surface area contributed by atoms with Gasteiger partial charge in [-0.3, -0.25) is 4.68 Å². The van der Waals surface area contributed by atoms with Crippen LogP contribution in [-0.2, 0) is 16.1 Å². The van der Waals surface area contributed by atoms with Gasteiger partial charge in [-0.1, -0.05) is 6.92 Å². The molecule has 0 spiro atoms. The fourth-order valence-electron chi connectivity index (χ4n) is 2.81. The molecule has 1 aromatic heterocycles. The zero-order chi connectivity index (χ0) is 14.8. The highest BCUT2D eigenvalue weighted by Gasteiger charge is 2.52. The van der Waals surface area contributed by atoms with Crippen molar-refractivity contribution in [2.45, 2.75) is 52.1 Å². The van der Waals surface area contributed by atoms with Crippen LogP contribution in [-0.4, -0.2) is 34.9 Å². The minimum Gasteiger partial charge on any atom is -0.468 e. The maximum atomic E-state index is 12.4. The molecule has 0 radical (unpaired) electrons.